The van der Waals surface area contributed by atoms with Gasteiger partial charge in [-0.3, -0.25) is 0 Å². The molecule has 2 heteroatoms. The molecule has 0 amide bonds. The Morgan fingerprint density at radius 2 is 1.25 bits per heavy atom. The van der Waals surface area contributed by atoms with Crippen LogP contribution in [0.4, 0.5) is 0 Å². The fourth-order valence-electron chi connectivity index (χ4n) is 0.671. The third kappa shape index (κ3) is 2.19. The number of hydrogen-bond acceptors (Lipinski definition) is 1. The van der Waals surface area contributed by atoms with Gasteiger partial charge in [-0.2, -0.15) is 0 Å². The van der Waals surface area contributed by atoms with Crippen LogP contribution in [-0.2, 0) is 0 Å². The Morgan fingerprint density at radius 1 is 1.00 bits per heavy atom. The summed E-state index contributed by atoms with van der Waals surface area (Å²) in [6.07, 6.45) is 0. The molecule has 0 saturated heterocycles. The number of rotatable bonds is 3. The third-order valence-electron chi connectivity index (χ3n) is 1.89. The minimum atomic E-state index is -1.48. The molecule has 50 valence electrons. The van der Waals surface area contributed by atoms with E-state index in [0.29, 0.717) is 0 Å². The van der Waals surface area contributed by atoms with Crippen LogP contribution in [0.3, 0.4) is 0 Å². The molecule has 0 aliphatic heterocycles. The summed E-state index contributed by atoms with van der Waals surface area (Å²) in [6, 6.07) is 0. The molecule has 2 N–H and O–H groups in total. The van der Waals surface area contributed by atoms with Gasteiger partial charge < -0.3 is 0 Å². The van der Waals surface area contributed by atoms with Gasteiger partial charge in [0, 0.05) is 0 Å². The van der Waals surface area contributed by atoms with E-state index in [4.69, 9.17) is 4.65 Å². The van der Waals surface area contributed by atoms with E-state index in [2.05, 4.69) is 20.8 Å². The fourth-order valence-corrected chi connectivity index (χ4v) is 3.49. The van der Waals surface area contributed by atoms with Crippen molar-refractivity contribution in [3.05, 3.63) is 0 Å². The Hall–Kier alpha value is 0.518. The predicted molar refractivity (Wildman–Crippen MR) is 41.4 cm³/mol. The number of hydrogen-bond donors (Lipinski definition) is 1. The summed E-state index contributed by atoms with van der Waals surface area (Å²) in [4.78, 5) is 0. The van der Waals surface area contributed by atoms with Gasteiger partial charge >= 0.3 is 54.8 Å². The molecule has 0 rings (SSSR count). The van der Waals surface area contributed by atoms with Crippen LogP contribution in [0.25, 0.3) is 0 Å². The van der Waals surface area contributed by atoms with Crippen molar-refractivity contribution in [2.45, 2.75) is 36.4 Å². The summed E-state index contributed by atoms with van der Waals surface area (Å²) in [5.74, 6) is 0. The second-order valence-corrected chi connectivity index (χ2v) is 11.3. The van der Waals surface area contributed by atoms with Crippen LogP contribution in [-0.4, -0.2) is 13.8 Å². The van der Waals surface area contributed by atoms with Crippen molar-refractivity contribution in [3.8, 4) is 0 Å². The van der Waals surface area contributed by atoms with Gasteiger partial charge in [-0.1, -0.05) is 0 Å². The SMILES string of the molecule is CC[As+](N)(CC)CC. The molecule has 0 aliphatic carbocycles. The van der Waals surface area contributed by atoms with Crippen LogP contribution in [0.2, 0.25) is 15.6 Å². The summed E-state index contributed by atoms with van der Waals surface area (Å²) in [5.41, 5.74) is 0. The van der Waals surface area contributed by atoms with Gasteiger partial charge in [-0.05, 0) is 0 Å². The molecule has 0 aliphatic rings. The molecule has 0 saturated carbocycles. The van der Waals surface area contributed by atoms with Crippen LogP contribution in [0.15, 0.2) is 0 Å². The van der Waals surface area contributed by atoms with Gasteiger partial charge in [0.2, 0.25) is 0 Å². The molecule has 8 heavy (non-hydrogen) atoms. The molecule has 0 heterocycles. The van der Waals surface area contributed by atoms with E-state index in [1.165, 1.54) is 15.6 Å². The van der Waals surface area contributed by atoms with Crippen LogP contribution in [0.5, 0.6) is 0 Å². The Bertz CT molecular complexity index is 51.3. The van der Waals surface area contributed by atoms with Crippen LogP contribution in [0.1, 0.15) is 20.8 Å². The van der Waals surface area contributed by atoms with Gasteiger partial charge in [-0.25, -0.2) is 0 Å². The van der Waals surface area contributed by atoms with E-state index in [9.17, 15) is 0 Å². The normalized spacial score (nSPS) is 12.0. The Kier molecular flexibility index (Phi) is 3.75. The third-order valence-corrected chi connectivity index (χ3v) is 9.82. The van der Waals surface area contributed by atoms with Crippen LogP contribution >= 0.6 is 0 Å². The maximum atomic E-state index is 6.07. The van der Waals surface area contributed by atoms with Crippen molar-refractivity contribution in [2.24, 2.45) is 4.65 Å². The molecular weight excluding hydrogens is 161 g/mol. The van der Waals surface area contributed by atoms with Crippen molar-refractivity contribution in [1.82, 2.24) is 0 Å². The van der Waals surface area contributed by atoms with Gasteiger partial charge in [0.1, 0.15) is 0 Å². The standard InChI is InChI=1S/C6H17AsN/c1-4-7(8,5-2)6-3/h4-6,8H2,1-3H3/q+1. The van der Waals surface area contributed by atoms with Crippen molar-refractivity contribution < 1.29 is 0 Å². The first-order valence-electron chi connectivity index (χ1n) is 3.33. The second kappa shape index (κ2) is 3.53. The summed E-state index contributed by atoms with van der Waals surface area (Å²) in [7, 11) is 0. The van der Waals surface area contributed by atoms with Gasteiger partial charge in [-0.15, -0.1) is 0 Å². The molecule has 0 fully saturated rings. The second-order valence-electron chi connectivity index (χ2n) is 2.17. The average molecular weight is 178 g/mol. The monoisotopic (exact) mass is 178 g/mol. The maximum absolute atomic E-state index is 6.07. The zero-order valence-electron chi connectivity index (χ0n) is 6.15. The number of nitrogens with two attached hydrogens (primary N) is 1. The van der Waals surface area contributed by atoms with Crippen molar-refractivity contribution in [2.75, 3.05) is 0 Å². The summed E-state index contributed by atoms with van der Waals surface area (Å²) in [5, 5.41) is 3.81. The molecule has 1 nitrogen and oxygen atoms in total. The zero-order valence-corrected chi connectivity index (χ0v) is 8.02. The van der Waals surface area contributed by atoms with Crippen molar-refractivity contribution >= 4 is 13.8 Å². The van der Waals surface area contributed by atoms with Gasteiger partial charge in [0.05, 0.1) is 0 Å². The molecule has 0 radical (unpaired) electrons. The average Bonchev–Trinajstić information content (AvgIpc) is 1.87. The first-order valence-corrected chi connectivity index (χ1v) is 8.39. The quantitative estimate of drug-likeness (QED) is 0.656. The predicted octanol–water partition coefficient (Wildman–Crippen LogP) is 1.95. The molecule has 0 bridgehead atoms. The Labute approximate surface area is 55.3 Å². The Balaban J connectivity index is 3.58. The van der Waals surface area contributed by atoms with E-state index in [-0.39, 0.29) is 0 Å². The van der Waals surface area contributed by atoms with Gasteiger partial charge in [0.15, 0.2) is 0 Å². The fraction of sp³-hybridized carbons (Fsp3) is 1.00. The summed E-state index contributed by atoms with van der Waals surface area (Å²) < 4.78 is 6.07. The minimum absolute atomic E-state index is 1.27. The molecule has 0 spiro atoms. The molecule has 0 unspecified atom stereocenters. The van der Waals surface area contributed by atoms with E-state index >= 15 is 0 Å². The molecule has 0 atom stereocenters. The van der Waals surface area contributed by atoms with Crippen LogP contribution in [0, 0.1) is 0 Å². The van der Waals surface area contributed by atoms with Crippen LogP contribution < -0.4 is 4.65 Å². The first-order chi connectivity index (χ1) is 3.68. The van der Waals surface area contributed by atoms with Crippen molar-refractivity contribution in [1.29, 1.82) is 0 Å². The van der Waals surface area contributed by atoms with E-state index in [1.807, 2.05) is 0 Å². The molecule has 0 aromatic rings. The topological polar surface area (TPSA) is 26.0 Å². The molecular formula is C6H17AsN+. The van der Waals surface area contributed by atoms with E-state index in [1.54, 1.807) is 0 Å². The molecule has 0 aromatic carbocycles. The van der Waals surface area contributed by atoms with E-state index < -0.39 is 13.8 Å². The first kappa shape index (κ1) is 8.52. The summed E-state index contributed by atoms with van der Waals surface area (Å²) in [6.45, 7) is 6.67. The van der Waals surface area contributed by atoms with E-state index in [0.717, 1.165) is 0 Å². The van der Waals surface area contributed by atoms with Crippen molar-refractivity contribution in [3.63, 3.8) is 0 Å². The zero-order chi connectivity index (χ0) is 6.62. The molecule has 0 aromatic heterocycles. The Morgan fingerprint density at radius 3 is 1.25 bits per heavy atom. The summed E-state index contributed by atoms with van der Waals surface area (Å²) >= 11 is -1.48. The van der Waals surface area contributed by atoms with Gasteiger partial charge in [0.25, 0.3) is 0 Å².